The Bertz CT molecular complexity index is 883. The average Bonchev–Trinajstić information content (AvgIpc) is 3.28. The molecule has 0 spiro atoms. The average molecular weight is 363 g/mol. The first-order chi connectivity index (χ1) is 12.7. The second-order valence-corrected chi connectivity index (χ2v) is 7.58. The highest BCUT2D eigenvalue weighted by Crippen LogP contribution is 2.30. The molecule has 1 N–H and O–H groups in total. The SMILES string of the molecule is Cc1cc(N2CCCC2)ccc1/C=C1\SC(=Nc2ccccc2)NC1=O. The Labute approximate surface area is 158 Å². The van der Waals surface area contributed by atoms with Gasteiger partial charge in [-0.1, -0.05) is 24.3 Å². The van der Waals surface area contributed by atoms with E-state index in [2.05, 4.69) is 40.3 Å². The molecule has 0 radical (unpaired) electrons. The third kappa shape index (κ3) is 3.68. The van der Waals surface area contributed by atoms with Crippen molar-refractivity contribution >= 4 is 40.3 Å². The largest absolute Gasteiger partial charge is 0.372 e. The van der Waals surface area contributed by atoms with E-state index in [1.54, 1.807) is 0 Å². The summed E-state index contributed by atoms with van der Waals surface area (Å²) >= 11 is 1.39. The minimum Gasteiger partial charge on any atom is -0.372 e. The molecule has 2 aromatic rings. The zero-order valence-corrected chi connectivity index (χ0v) is 15.6. The molecule has 2 saturated heterocycles. The van der Waals surface area contributed by atoms with Gasteiger partial charge in [-0.2, -0.15) is 0 Å². The van der Waals surface area contributed by atoms with Gasteiger partial charge >= 0.3 is 0 Å². The summed E-state index contributed by atoms with van der Waals surface area (Å²) in [6, 6.07) is 16.1. The van der Waals surface area contributed by atoms with Crippen molar-refractivity contribution in [1.82, 2.24) is 5.32 Å². The van der Waals surface area contributed by atoms with Gasteiger partial charge in [-0.05, 0) is 73.0 Å². The number of hydrogen-bond acceptors (Lipinski definition) is 4. The zero-order chi connectivity index (χ0) is 17.9. The highest BCUT2D eigenvalue weighted by Gasteiger charge is 2.24. The number of carbonyl (C=O) groups excluding carboxylic acids is 1. The minimum absolute atomic E-state index is 0.0901. The molecule has 132 valence electrons. The molecular weight excluding hydrogens is 342 g/mol. The number of nitrogens with zero attached hydrogens (tertiary/aromatic N) is 2. The van der Waals surface area contributed by atoms with Crippen LogP contribution in [0.1, 0.15) is 24.0 Å². The van der Waals surface area contributed by atoms with Crippen LogP contribution in [0.5, 0.6) is 0 Å². The number of hydrogen-bond donors (Lipinski definition) is 1. The molecular formula is C21H21N3OS. The van der Waals surface area contributed by atoms with Crippen LogP contribution >= 0.6 is 11.8 Å². The Hall–Kier alpha value is -2.53. The lowest BCUT2D eigenvalue weighted by Crippen LogP contribution is -2.19. The first-order valence-electron chi connectivity index (χ1n) is 8.89. The molecule has 0 aliphatic carbocycles. The number of amides is 1. The van der Waals surface area contributed by atoms with Gasteiger partial charge in [-0.25, -0.2) is 4.99 Å². The quantitative estimate of drug-likeness (QED) is 0.818. The Morgan fingerprint density at radius 3 is 2.62 bits per heavy atom. The highest BCUT2D eigenvalue weighted by atomic mass is 32.2. The third-order valence-electron chi connectivity index (χ3n) is 4.65. The second kappa shape index (κ2) is 7.38. The van der Waals surface area contributed by atoms with Gasteiger partial charge in [-0.3, -0.25) is 4.79 Å². The number of para-hydroxylation sites is 1. The molecule has 2 heterocycles. The fourth-order valence-corrected chi connectivity index (χ4v) is 4.07. The van der Waals surface area contributed by atoms with Crippen molar-refractivity contribution in [3.05, 3.63) is 64.6 Å². The number of rotatable bonds is 3. The molecule has 0 aromatic heterocycles. The predicted molar refractivity (Wildman–Crippen MR) is 110 cm³/mol. The lowest BCUT2D eigenvalue weighted by atomic mass is 10.1. The van der Waals surface area contributed by atoms with E-state index in [-0.39, 0.29) is 5.91 Å². The van der Waals surface area contributed by atoms with Crippen molar-refractivity contribution in [1.29, 1.82) is 0 Å². The summed E-state index contributed by atoms with van der Waals surface area (Å²) in [7, 11) is 0. The molecule has 0 atom stereocenters. The summed E-state index contributed by atoms with van der Waals surface area (Å²) in [4.78, 5) is 19.9. The van der Waals surface area contributed by atoms with E-state index < -0.39 is 0 Å². The van der Waals surface area contributed by atoms with E-state index in [1.807, 2.05) is 36.4 Å². The predicted octanol–water partition coefficient (Wildman–Crippen LogP) is 4.49. The van der Waals surface area contributed by atoms with Crippen molar-refractivity contribution < 1.29 is 4.79 Å². The number of nitrogens with one attached hydrogen (secondary N) is 1. The van der Waals surface area contributed by atoms with E-state index in [1.165, 1.54) is 35.9 Å². The molecule has 0 unspecified atom stereocenters. The van der Waals surface area contributed by atoms with Gasteiger partial charge < -0.3 is 10.2 Å². The first kappa shape index (κ1) is 16.9. The number of anilines is 1. The van der Waals surface area contributed by atoms with Crippen LogP contribution < -0.4 is 10.2 Å². The van der Waals surface area contributed by atoms with E-state index >= 15 is 0 Å². The van der Waals surface area contributed by atoms with Crippen LogP contribution in [-0.4, -0.2) is 24.2 Å². The molecule has 2 fully saturated rings. The van der Waals surface area contributed by atoms with Gasteiger partial charge in [0.05, 0.1) is 10.6 Å². The number of amidine groups is 1. The summed E-state index contributed by atoms with van der Waals surface area (Å²) in [5.74, 6) is -0.0901. The van der Waals surface area contributed by atoms with Crippen LogP contribution in [0.2, 0.25) is 0 Å². The smallest absolute Gasteiger partial charge is 0.264 e. The molecule has 2 aromatic carbocycles. The van der Waals surface area contributed by atoms with E-state index in [0.29, 0.717) is 10.1 Å². The maximum absolute atomic E-state index is 12.3. The monoisotopic (exact) mass is 363 g/mol. The first-order valence-corrected chi connectivity index (χ1v) is 9.71. The summed E-state index contributed by atoms with van der Waals surface area (Å²) in [6.45, 7) is 4.37. The Kier molecular flexibility index (Phi) is 4.80. The molecule has 2 aliphatic heterocycles. The number of benzene rings is 2. The Morgan fingerprint density at radius 2 is 1.88 bits per heavy atom. The van der Waals surface area contributed by atoms with Crippen molar-refractivity contribution in [2.24, 2.45) is 4.99 Å². The van der Waals surface area contributed by atoms with Crippen LogP contribution in [0, 0.1) is 6.92 Å². The Balaban J connectivity index is 1.54. The number of aliphatic imine (C=N–C) groups is 1. The van der Waals surface area contributed by atoms with Gasteiger partial charge in [0, 0.05) is 18.8 Å². The molecule has 0 saturated carbocycles. The standard InChI is InChI=1S/C21H21N3OS/c1-15-13-18(24-11-5-6-12-24)10-9-16(15)14-19-20(25)23-21(26-19)22-17-7-3-2-4-8-17/h2-4,7-10,13-14H,5-6,11-12H2,1H3,(H,22,23,25)/b19-14-. The summed E-state index contributed by atoms with van der Waals surface area (Å²) in [5.41, 5.74) is 4.37. The maximum Gasteiger partial charge on any atom is 0.264 e. The summed E-state index contributed by atoms with van der Waals surface area (Å²) < 4.78 is 0. The molecule has 1 amide bonds. The molecule has 26 heavy (non-hydrogen) atoms. The Morgan fingerprint density at radius 1 is 1.12 bits per heavy atom. The normalized spacial score (nSPS) is 20.2. The second-order valence-electron chi connectivity index (χ2n) is 6.55. The van der Waals surface area contributed by atoms with Crippen LogP contribution in [0.4, 0.5) is 11.4 Å². The summed E-state index contributed by atoms with van der Waals surface area (Å²) in [6.07, 6.45) is 4.49. The molecule has 5 heteroatoms. The van der Waals surface area contributed by atoms with Crippen molar-refractivity contribution in [3.8, 4) is 0 Å². The van der Waals surface area contributed by atoms with E-state index in [0.717, 1.165) is 24.3 Å². The van der Waals surface area contributed by atoms with Gasteiger partial charge in [-0.15, -0.1) is 0 Å². The van der Waals surface area contributed by atoms with Gasteiger partial charge in [0.2, 0.25) is 0 Å². The van der Waals surface area contributed by atoms with Gasteiger partial charge in [0.1, 0.15) is 0 Å². The molecule has 4 rings (SSSR count). The van der Waals surface area contributed by atoms with Crippen LogP contribution in [0.3, 0.4) is 0 Å². The highest BCUT2D eigenvalue weighted by molar-refractivity contribution is 8.18. The van der Waals surface area contributed by atoms with E-state index in [9.17, 15) is 4.79 Å². The van der Waals surface area contributed by atoms with Gasteiger partial charge in [0.15, 0.2) is 5.17 Å². The van der Waals surface area contributed by atoms with Crippen molar-refractivity contribution in [3.63, 3.8) is 0 Å². The van der Waals surface area contributed by atoms with Gasteiger partial charge in [0.25, 0.3) is 5.91 Å². The van der Waals surface area contributed by atoms with E-state index in [4.69, 9.17) is 0 Å². The third-order valence-corrected chi connectivity index (χ3v) is 5.56. The van der Waals surface area contributed by atoms with Crippen molar-refractivity contribution in [2.45, 2.75) is 19.8 Å². The van der Waals surface area contributed by atoms with Crippen molar-refractivity contribution in [2.75, 3.05) is 18.0 Å². The minimum atomic E-state index is -0.0901. The lowest BCUT2D eigenvalue weighted by molar-refractivity contribution is -0.115. The molecule has 2 aliphatic rings. The fourth-order valence-electron chi connectivity index (χ4n) is 3.24. The summed E-state index contributed by atoms with van der Waals surface area (Å²) in [5, 5.41) is 3.47. The lowest BCUT2D eigenvalue weighted by Gasteiger charge is -2.18. The topological polar surface area (TPSA) is 44.7 Å². The molecule has 4 nitrogen and oxygen atoms in total. The van der Waals surface area contributed by atoms with Crippen LogP contribution in [0.25, 0.3) is 6.08 Å². The zero-order valence-electron chi connectivity index (χ0n) is 14.7. The van der Waals surface area contributed by atoms with Crippen LogP contribution in [0.15, 0.2) is 58.4 Å². The number of carbonyl (C=O) groups is 1. The number of aryl methyl sites for hydroxylation is 1. The molecule has 0 bridgehead atoms. The number of thioether (sulfide) groups is 1. The fraction of sp³-hybridized carbons (Fsp3) is 0.238. The van der Waals surface area contributed by atoms with Crippen LogP contribution in [-0.2, 0) is 4.79 Å². The maximum atomic E-state index is 12.3.